The average Bonchev–Trinajstić information content (AvgIpc) is 2.38. The molecule has 17 heavy (non-hydrogen) atoms. The number of hydrogen-bond acceptors (Lipinski definition) is 3. The summed E-state index contributed by atoms with van der Waals surface area (Å²) in [5, 5.41) is 0. The van der Waals surface area contributed by atoms with E-state index in [2.05, 4.69) is 11.1 Å². The number of anilines is 1. The van der Waals surface area contributed by atoms with Gasteiger partial charge in [0.05, 0.1) is 6.10 Å². The zero-order valence-electron chi connectivity index (χ0n) is 10.1. The third-order valence-electron chi connectivity index (χ3n) is 2.86. The number of methoxy groups -OCH3 is 1. The van der Waals surface area contributed by atoms with Crippen molar-refractivity contribution in [3.05, 3.63) is 48.2 Å². The molecule has 0 amide bonds. The highest BCUT2D eigenvalue weighted by Crippen LogP contribution is 2.27. The number of pyridine rings is 1. The lowest BCUT2D eigenvalue weighted by Gasteiger charge is -2.12. The Hall–Kier alpha value is -1.87. The van der Waals surface area contributed by atoms with E-state index in [0.717, 1.165) is 16.7 Å². The van der Waals surface area contributed by atoms with Gasteiger partial charge < -0.3 is 10.5 Å². The summed E-state index contributed by atoms with van der Waals surface area (Å²) in [5.74, 6) is 0.551. The summed E-state index contributed by atoms with van der Waals surface area (Å²) in [5.41, 5.74) is 9.02. The van der Waals surface area contributed by atoms with E-state index in [4.69, 9.17) is 10.5 Å². The van der Waals surface area contributed by atoms with E-state index in [9.17, 15) is 0 Å². The molecule has 88 valence electrons. The molecule has 0 unspecified atom stereocenters. The smallest absolute Gasteiger partial charge is 0.131 e. The second kappa shape index (κ2) is 4.97. The lowest BCUT2D eigenvalue weighted by Crippen LogP contribution is -1.97. The van der Waals surface area contributed by atoms with Crippen molar-refractivity contribution in [2.45, 2.75) is 13.0 Å². The summed E-state index contributed by atoms with van der Waals surface area (Å²) in [4.78, 5) is 4.10. The van der Waals surface area contributed by atoms with Crippen LogP contribution in [0.1, 0.15) is 18.6 Å². The lowest BCUT2D eigenvalue weighted by atomic mass is 10.0. The van der Waals surface area contributed by atoms with E-state index in [1.807, 2.05) is 37.3 Å². The van der Waals surface area contributed by atoms with E-state index in [1.165, 1.54) is 0 Å². The fraction of sp³-hybridized carbons (Fsp3) is 0.214. The number of nitrogens with two attached hydrogens (primary N) is 1. The van der Waals surface area contributed by atoms with Crippen LogP contribution in [0, 0.1) is 0 Å². The van der Waals surface area contributed by atoms with Crippen molar-refractivity contribution in [2.24, 2.45) is 0 Å². The first-order valence-corrected chi connectivity index (χ1v) is 5.56. The van der Waals surface area contributed by atoms with Crippen LogP contribution in [0.3, 0.4) is 0 Å². The van der Waals surface area contributed by atoms with E-state index in [-0.39, 0.29) is 6.10 Å². The molecule has 0 aliphatic rings. The van der Waals surface area contributed by atoms with Crippen molar-refractivity contribution < 1.29 is 4.74 Å². The Kier molecular flexibility index (Phi) is 3.40. The largest absolute Gasteiger partial charge is 0.383 e. The Morgan fingerprint density at radius 1 is 1.24 bits per heavy atom. The molecule has 1 heterocycles. The Morgan fingerprint density at radius 3 is 2.76 bits per heavy atom. The number of ether oxygens (including phenoxy) is 1. The molecule has 1 aromatic carbocycles. The van der Waals surface area contributed by atoms with Crippen LogP contribution in [0.4, 0.5) is 5.82 Å². The summed E-state index contributed by atoms with van der Waals surface area (Å²) in [6.45, 7) is 2.02. The minimum absolute atomic E-state index is 0.0767. The van der Waals surface area contributed by atoms with Gasteiger partial charge in [-0.3, -0.25) is 0 Å². The Bertz CT molecular complexity index is 511. The molecule has 2 rings (SSSR count). The molecule has 0 spiro atoms. The van der Waals surface area contributed by atoms with E-state index >= 15 is 0 Å². The molecule has 2 N–H and O–H groups in total. The SMILES string of the molecule is CO[C@@H](C)c1cccc(-c2cccnc2N)c1. The second-order valence-electron chi connectivity index (χ2n) is 3.94. The van der Waals surface area contributed by atoms with Crippen LogP contribution in [0.15, 0.2) is 42.6 Å². The molecule has 3 nitrogen and oxygen atoms in total. The first-order valence-electron chi connectivity index (χ1n) is 5.56. The minimum Gasteiger partial charge on any atom is -0.383 e. The van der Waals surface area contributed by atoms with E-state index < -0.39 is 0 Å². The third kappa shape index (κ3) is 2.45. The van der Waals surface area contributed by atoms with Gasteiger partial charge in [0.15, 0.2) is 0 Å². The van der Waals surface area contributed by atoms with Crippen LogP contribution in [-0.4, -0.2) is 12.1 Å². The third-order valence-corrected chi connectivity index (χ3v) is 2.86. The number of nitrogens with zero attached hydrogens (tertiary/aromatic N) is 1. The van der Waals surface area contributed by atoms with Gasteiger partial charge in [-0.1, -0.05) is 18.2 Å². The maximum absolute atomic E-state index is 5.87. The molecule has 0 aliphatic carbocycles. The van der Waals surface area contributed by atoms with E-state index in [1.54, 1.807) is 13.3 Å². The number of aromatic nitrogens is 1. The van der Waals surface area contributed by atoms with Crippen molar-refractivity contribution in [1.82, 2.24) is 4.98 Å². The van der Waals surface area contributed by atoms with Crippen molar-refractivity contribution in [3.8, 4) is 11.1 Å². The maximum atomic E-state index is 5.87. The van der Waals surface area contributed by atoms with Crippen LogP contribution in [0.5, 0.6) is 0 Å². The van der Waals surface area contributed by atoms with Crippen molar-refractivity contribution >= 4 is 5.82 Å². The average molecular weight is 228 g/mol. The molecule has 3 heteroatoms. The van der Waals surface area contributed by atoms with Gasteiger partial charge in [-0.25, -0.2) is 4.98 Å². The molecule has 0 saturated carbocycles. The highest BCUT2D eigenvalue weighted by Gasteiger charge is 2.07. The summed E-state index contributed by atoms with van der Waals surface area (Å²) >= 11 is 0. The molecule has 0 saturated heterocycles. The topological polar surface area (TPSA) is 48.1 Å². The van der Waals surface area contributed by atoms with Gasteiger partial charge in [-0.05, 0) is 36.2 Å². The van der Waals surface area contributed by atoms with Gasteiger partial charge in [0.2, 0.25) is 0 Å². The Labute approximate surface area is 101 Å². The van der Waals surface area contributed by atoms with Gasteiger partial charge in [-0.15, -0.1) is 0 Å². The molecule has 2 aromatic rings. The maximum Gasteiger partial charge on any atom is 0.131 e. The molecule has 1 aromatic heterocycles. The van der Waals surface area contributed by atoms with Crippen LogP contribution in [-0.2, 0) is 4.74 Å². The van der Waals surface area contributed by atoms with Crippen LogP contribution in [0.25, 0.3) is 11.1 Å². The zero-order chi connectivity index (χ0) is 12.3. The first-order chi connectivity index (χ1) is 8.22. The summed E-state index contributed by atoms with van der Waals surface area (Å²) in [6, 6.07) is 12.0. The van der Waals surface area contributed by atoms with Crippen molar-refractivity contribution in [2.75, 3.05) is 12.8 Å². The molecular weight excluding hydrogens is 212 g/mol. The predicted octanol–water partition coefficient (Wildman–Crippen LogP) is 3.04. The molecule has 0 aliphatic heterocycles. The number of rotatable bonds is 3. The number of nitrogen functional groups attached to an aromatic ring is 1. The van der Waals surface area contributed by atoms with Crippen molar-refractivity contribution in [3.63, 3.8) is 0 Å². The van der Waals surface area contributed by atoms with Crippen molar-refractivity contribution in [1.29, 1.82) is 0 Å². The van der Waals surface area contributed by atoms with Crippen LogP contribution < -0.4 is 5.73 Å². The number of hydrogen-bond donors (Lipinski definition) is 1. The lowest BCUT2D eigenvalue weighted by molar-refractivity contribution is 0.119. The van der Waals surface area contributed by atoms with E-state index in [0.29, 0.717) is 5.82 Å². The van der Waals surface area contributed by atoms with Gasteiger partial charge in [0, 0.05) is 18.9 Å². The fourth-order valence-corrected chi connectivity index (χ4v) is 1.76. The fourth-order valence-electron chi connectivity index (χ4n) is 1.76. The molecular formula is C14H16N2O. The molecule has 0 fully saturated rings. The van der Waals surface area contributed by atoms with Gasteiger partial charge in [0.25, 0.3) is 0 Å². The summed E-state index contributed by atoms with van der Waals surface area (Å²) < 4.78 is 5.31. The predicted molar refractivity (Wildman–Crippen MR) is 69.5 cm³/mol. The zero-order valence-corrected chi connectivity index (χ0v) is 10.1. The minimum atomic E-state index is 0.0767. The summed E-state index contributed by atoms with van der Waals surface area (Å²) in [6.07, 6.45) is 1.77. The second-order valence-corrected chi connectivity index (χ2v) is 3.94. The number of benzene rings is 1. The van der Waals surface area contributed by atoms with Gasteiger partial charge >= 0.3 is 0 Å². The highest BCUT2D eigenvalue weighted by molar-refractivity contribution is 5.73. The molecule has 0 bridgehead atoms. The molecule has 0 radical (unpaired) electrons. The standard InChI is InChI=1S/C14H16N2O/c1-10(17-2)11-5-3-6-12(9-11)13-7-4-8-16-14(13)15/h3-10H,1-2H3,(H2,15,16)/t10-/m0/s1. The van der Waals surface area contributed by atoms with Gasteiger partial charge in [0.1, 0.15) is 5.82 Å². The Morgan fingerprint density at radius 2 is 2.06 bits per heavy atom. The first kappa shape index (κ1) is 11.6. The summed E-state index contributed by atoms with van der Waals surface area (Å²) in [7, 11) is 1.70. The van der Waals surface area contributed by atoms with Crippen LogP contribution >= 0.6 is 0 Å². The Balaban J connectivity index is 2.43. The normalized spacial score (nSPS) is 12.4. The molecule has 1 atom stereocenters. The quantitative estimate of drug-likeness (QED) is 0.878. The highest BCUT2D eigenvalue weighted by atomic mass is 16.5. The monoisotopic (exact) mass is 228 g/mol. The van der Waals surface area contributed by atoms with Gasteiger partial charge in [-0.2, -0.15) is 0 Å². The van der Waals surface area contributed by atoms with Crippen LogP contribution in [0.2, 0.25) is 0 Å².